The SMILES string of the molecule is CCc1cc(N)c(C)c(CN)c1. The van der Waals surface area contributed by atoms with Crippen LogP contribution in [0.5, 0.6) is 0 Å². The molecule has 66 valence electrons. The smallest absolute Gasteiger partial charge is 0.0349 e. The number of hydrogen-bond donors (Lipinski definition) is 2. The van der Waals surface area contributed by atoms with Gasteiger partial charge in [0.05, 0.1) is 0 Å². The molecular weight excluding hydrogens is 148 g/mol. The minimum atomic E-state index is 0.573. The van der Waals surface area contributed by atoms with Gasteiger partial charge >= 0.3 is 0 Å². The van der Waals surface area contributed by atoms with E-state index in [2.05, 4.69) is 13.0 Å². The topological polar surface area (TPSA) is 52.0 Å². The van der Waals surface area contributed by atoms with Gasteiger partial charge in [-0.25, -0.2) is 0 Å². The molecule has 12 heavy (non-hydrogen) atoms. The molecule has 0 heterocycles. The molecule has 2 nitrogen and oxygen atoms in total. The normalized spacial score (nSPS) is 10.2. The van der Waals surface area contributed by atoms with E-state index < -0.39 is 0 Å². The predicted octanol–water partition coefficient (Wildman–Crippen LogP) is 1.60. The molecule has 0 unspecified atom stereocenters. The number of aryl methyl sites for hydroxylation is 1. The maximum atomic E-state index is 5.82. The fraction of sp³-hybridized carbons (Fsp3) is 0.400. The third-order valence-corrected chi connectivity index (χ3v) is 2.24. The average molecular weight is 164 g/mol. The molecule has 1 aromatic rings. The summed E-state index contributed by atoms with van der Waals surface area (Å²) in [5.41, 5.74) is 15.8. The second kappa shape index (κ2) is 3.59. The van der Waals surface area contributed by atoms with Gasteiger partial charge in [0.1, 0.15) is 0 Å². The molecule has 0 spiro atoms. The van der Waals surface area contributed by atoms with Crippen LogP contribution in [-0.2, 0) is 13.0 Å². The van der Waals surface area contributed by atoms with Gasteiger partial charge in [-0.1, -0.05) is 13.0 Å². The van der Waals surface area contributed by atoms with Gasteiger partial charge in [0.2, 0.25) is 0 Å². The Balaban J connectivity index is 3.19. The van der Waals surface area contributed by atoms with Crippen LogP contribution in [0.25, 0.3) is 0 Å². The van der Waals surface area contributed by atoms with Crippen LogP contribution in [0.4, 0.5) is 5.69 Å². The van der Waals surface area contributed by atoms with E-state index in [0.717, 1.165) is 23.2 Å². The number of hydrogen-bond acceptors (Lipinski definition) is 2. The van der Waals surface area contributed by atoms with Crippen LogP contribution in [0, 0.1) is 6.92 Å². The highest BCUT2D eigenvalue weighted by atomic mass is 14.6. The first-order valence-corrected chi connectivity index (χ1v) is 4.27. The van der Waals surface area contributed by atoms with Crippen molar-refractivity contribution in [1.82, 2.24) is 0 Å². The van der Waals surface area contributed by atoms with Gasteiger partial charge in [0, 0.05) is 12.2 Å². The molecule has 0 fully saturated rings. The first-order chi connectivity index (χ1) is 5.69. The van der Waals surface area contributed by atoms with Gasteiger partial charge in [-0.3, -0.25) is 0 Å². The fourth-order valence-electron chi connectivity index (χ4n) is 1.28. The van der Waals surface area contributed by atoms with Gasteiger partial charge in [0.25, 0.3) is 0 Å². The maximum absolute atomic E-state index is 5.82. The van der Waals surface area contributed by atoms with Crippen LogP contribution in [0.2, 0.25) is 0 Å². The Morgan fingerprint density at radius 3 is 2.50 bits per heavy atom. The van der Waals surface area contributed by atoms with Crippen molar-refractivity contribution in [2.24, 2.45) is 5.73 Å². The van der Waals surface area contributed by atoms with Crippen molar-refractivity contribution in [2.75, 3.05) is 5.73 Å². The highest BCUT2D eigenvalue weighted by Crippen LogP contribution is 2.18. The zero-order valence-electron chi connectivity index (χ0n) is 7.72. The molecule has 0 bridgehead atoms. The van der Waals surface area contributed by atoms with Crippen molar-refractivity contribution in [3.8, 4) is 0 Å². The van der Waals surface area contributed by atoms with Crippen molar-refractivity contribution in [3.63, 3.8) is 0 Å². The highest BCUT2D eigenvalue weighted by Gasteiger charge is 2.01. The molecule has 0 atom stereocenters. The number of nitrogen functional groups attached to an aromatic ring is 1. The second-order valence-corrected chi connectivity index (χ2v) is 3.03. The summed E-state index contributed by atoms with van der Waals surface area (Å²) in [7, 11) is 0. The summed E-state index contributed by atoms with van der Waals surface area (Å²) in [5.74, 6) is 0. The van der Waals surface area contributed by atoms with Crippen molar-refractivity contribution >= 4 is 5.69 Å². The van der Waals surface area contributed by atoms with E-state index in [9.17, 15) is 0 Å². The molecular formula is C10H16N2. The van der Waals surface area contributed by atoms with Gasteiger partial charge in [0.15, 0.2) is 0 Å². The summed E-state index contributed by atoms with van der Waals surface area (Å²) in [5, 5.41) is 0. The van der Waals surface area contributed by atoms with Crippen LogP contribution in [0.15, 0.2) is 12.1 Å². The lowest BCUT2D eigenvalue weighted by atomic mass is 10.0. The van der Waals surface area contributed by atoms with Crippen molar-refractivity contribution in [1.29, 1.82) is 0 Å². The molecule has 0 aliphatic carbocycles. The molecule has 0 aromatic heterocycles. The van der Waals surface area contributed by atoms with Crippen LogP contribution >= 0.6 is 0 Å². The Morgan fingerprint density at radius 2 is 2.00 bits per heavy atom. The average Bonchev–Trinajstić information content (AvgIpc) is 2.09. The Hall–Kier alpha value is -1.02. The summed E-state index contributed by atoms with van der Waals surface area (Å²) >= 11 is 0. The molecule has 0 saturated heterocycles. The van der Waals surface area contributed by atoms with E-state index in [1.165, 1.54) is 5.56 Å². The maximum Gasteiger partial charge on any atom is 0.0349 e. The quantitative estimate of drug-likeness (QED) is 0.652. The Morgan fingerprint density at radius 1 is 1.33 bits per heavy atom. The van der Waals surface area contributed by atoms with Gasteiger partial charge < -0.3 is 11.5 Å². The minimum Gasteiger partial charge on any atom is -0.398 e. The third-order valence-electron chi connectivity index (χ3n) is 2.24. The summed E-state index contributed by atoms with van der Waals surface area (Å²) < 4.78 is 0. The molecule has 1 aromatic carbocycles. The summed E-state index contributed by atoms with van der Waals surface area (Å²) in [6, 6.07) is 4.15. The molecule has 0 aliphatic heterocycles. The van der Waals surface area contributed by atoms with Crippen LogP contribution in [0.3, 0.4) is 0 Å². The first-order valence-electron chi connectivity index (χ1n) is 4.27. The summed E-state index contributed by atoms with van der Waals surface area (Å²) in [6.07, 6.45) is 1.01. The van der Waals surface area contributed by atoms with Crippen molar-refractivity contribution in [3.05, 3.63) is 28.8 Å². The van der Waals surface area contributed by atoms with Gasteiger partial charge in [-0.05, 0) is 36.1 Å². The number of benzene rings is 1. The fourth-order valence-corrected chi connectivity index (χ4v) is 1.28. The Labute approximate surface area is 73.6 Å². The molecule has 2 heteroatoms. The zero-order chi connectivity index (χ0) is 9.14. The third kappa shape index (κ3) is 1.59. The van der Waals surface area contributed by atoms with Gasteiger partial charge in [-0.15, -0.1) is 0 Å². The first kappa shape index (κ1) is 9.07. The molecule has 0 aliphatic rings. The second-order valence-electron chi connectivity index (χ2n) is 3.03. The summed E-state index contributed by atoms with van der Waals surface area (Å²) in [6.45, 7) is 4.70. The lowest BCUT2D eigenvalue weighted by Crippen LogP contribution is -2.03. The molecule has 0 amide bonds. The molecule has 0 saturated carbocycles. The van der Waals surface area contributed by atoms with Crippen LogP contribution in [0.1, 0.15) is 23.6 Å². The predicted molar refractivity (Wildman–Crippen MR) is 52.9 cm³/mol. The van der Waals surface area contributed by atoms with Crippen molar-refractivity contribution in [2.45, 2.75) is 26.8 Å². The Kier molecular flexibility index (Phi) is 2.71. The van der Waals surface area contributed by atoms with Crippen LogP contribution < -0.4 is 11.5 Å². The van der Waals surface area contributed by atoms with Crippen molar-refractivity contribution < 1.29 is 0 Å². The molecule has 0 radical (unpaired) electrons. The number of anilines is 1. The largest absolute Gasteiger partial charge is 0.398 e. The zero-order valence-corrected chi connectivity index (χ0v) is 7.72. The van der Waals surface area contributed by atoms with E-state index in [-0.39, 0.29) is 0 Å². The van der Waals surface area contributed by atoms with Gasteiger partial charge in [-0.2, -0.15) is 0 Å². The molecule has 1 rings (SSSR count). The van der Waals surface area contributed by atoms with E-state index in [1.807, 2.05) is 13.0 Å². The van der Waals surface area contributed by atoms with E-state index in [1.54, 1.807) is 0 Å². The van der Waals surface area contributed by atoms with E-state index in [4.69, 9.17) is 11.5 Å². The van der Waals surface area contributed by atoms with Crippen LogP contribution in [-0.4, -0.2) is 0 Å². The minimum absolute atomic E-state index is 0.573. The number of nitrogens with two attached hydrogens (primary N) is 2. The molecule has 4 N–H and O–H groups in total. The monoisotopic (exact) mass is 164 g/mol. The van der Waals surface area contributed by atoms with E-state index >= 15 is 0 Å². The lowest BCUT2D eigenvalue weighted by molar-refractivity contribution is 1.03. The summed E-state index contributed by atoms with van der Waals surface area (Å²) in [4.78, 5) is 0. The number of rotatable bonds is 2. The Bertz CT molecular complexity index is 279. The highest BCUT2D eigenvalue weighted by molar-refractivity contribution is 5.52. The van der Waals surface area contributed by atoms with E-state index in [0.29, 0.717) is 6.54 Å². The standard InChI is InChI=1S/C10H16N2/c1-3-8-4-9(6-11)7(2)10(12)5-8/h4-5H,3,6,11-12H2,1-2H3. The lowest BCUT2D eigenvalue weighted by Gasteiger charge is -2.08.